The summed E-state index contributed by atoms with van der Waals surface area (Å²) in [4.78, 5) is 2.10. The second-order valence-corrected chi connectivity index (χ2v) is 33.8. The van der Waals surface area contributed by atoms with Crippen LogP contribution in [0.1, 0.15) is 83.1 Å². The molecule has 4 heterocycles. The lowest BCUT2D eigenvalue weighted by Gasteiger charge is -2.38. The zero-order valence-electron chi connectivity index (χ0n) is 31.2. The first-order chi connectivity index (χ1) is 23.7. The van der Waals surface area contributed by atoms with Crippen LogP contribution in [0.2, 0.25) is 33.2 Å². The Morgan fingerprint density at radius 2 is 0.720 bits per heavy atom. The Bertz CT molecular complexity index is 1610. The molecule has 10 heteroatoms. The predicted molar refractivity (Wildman–Crippen MR) is 249 cm³/mol. The van der Waals surface area contributed by atoms with E-state index in [1.54, 1.807) is 94.1 Å². The first-order valence-electron chi connectivity index (χ1n) is 17.1. The van der Waals surface area contributed by atoms with E-state index in [2.05, 4.69) is 162 Å². The van der Waals surface area contributed by atoms with Gasteiger partial charge in [0.2, 0.25) is 0 Å². The molecule has 0 saturated carbocycles. The van der Waals surface area contributed by atoms with Gasteiger partial charge in [0.25, 0.3) is 0 Å². The van der Waals surface area contributed by atoms with Crippen LogP contribution in [0.25, 0.3) is 0 Å². The number of rotatable bonds is 6. The molecule has 0 unspecified atom stereocenters. The molecule has 0 aromatic rings. The van der Waals surface area contributed by atoms with Gasteiger partial charge in [-0.3, -0.25) is 0 Å². The number of hydrogen-bond donors (Lipinski definition) is 0. The molecule has 0 nitrogen and oxygen atoms in total. The highest BCUT2D eigenvalue weighted by molar-refractivity contribution is 8.34. The first kappa shape index (κ1) is 42.4. The molecule has 0 bridgehead atoms. The van der Waals surface area contributed by atoms with E-state index in [-0.39, 0.29) is 0 Å². The van der Waals surface area contributed by atoms with Gasteiger partial charge in [0.05, 0.1) is 37.9 Å². The predicted octanol–water partition coefficient (Wildman–Crippen LogP) is 15.5. The quantitative estimate of drug-likeness (QED) is 0.189. The van der Waals surface area contributed by atoms with Crippen LogP contribution in [-0.4, -0.2) is 16.1 Å². The van der Waals surface area contributed by atoms with Crippen LogP contribution in [0.4, 0.5) is 0 Å². The van der Waals surface area contributed by atoms with E-state index in [0.29, 0.717) is 33.2 Å². The van der Waals surface area contributed by atoms with Crippen molar-refractivity contribution in [2.45, 2.75) is 116 Å². The number of thioether (sulfide) groups is 8. The van der Waals surface area contributed by atoms with Crippen LogP contribution in [0.3, 0.4) is 0 Å². The van der Waals surface area contributed by atoms with Gasteiger partial charge in [-0.25, -0.2) is 0 Å². The lowest BCUT2D eigenvalue weighted by atomic mass is 10.1. The van der Waals surface area contributed by atoms with E-state index in [4.69, 9.17) is 0 Å². The molecule has 0 amide bonds. The van der Waals surface area contributed by atoms with Gasteiger partial charge in [0.15, 0.2) is 0 Å². The number of hydrogen-bond acceptors (Lipinski definition) is 8. The van der Waals surface area contributed by atoms with Crippen molar-refractivity contribution >= 4 is 110 Å². The van der Waals surface area contributed by atoms with Crippen LogP contribution in [-0.2, 0) is 0 Å². The van der Waals surface area contributed by atoms with Crippen LogP contribution in [0.5, 0.6) is 0 Å². The van der Waals surface area contributed by atoms with E-state index >= 15 is 0 Å². The monoisotopic (exact) mass is 840 g/mol. The van der Waals surface area contributed by atoms with Gasteiger partial charge in [0.1, 0.15) is 16.1 Å². The van der Waals surface area contributed by atoms with Gasteiger partial charge in [0, 0.05) is 0 Å². The third-order valence-electron chi connectivity index (χ3n) is 9.51. The smallest absolute Gasteiger partial charge is 0.124 e. The highest BCUT2D eigenvalue weighted by Crippen LogP contribution is 2.54. The zero-order valence-corrected chi connectivity index (χ0v) is 39.7. The zero-order chi connectivity index (χ0) is 36.6. The number of allylic oxidation sites excluding steroid dienone is 4. The summed E-state index contributed by atoms with van der Waals surface area (Å²) in [7, 11) is -4.08. The van der Waals surface area contributed by atoms with E-state index in [1.165, 1.54) is 16.9 Å². The van der Waals surface area contributed by atoms with Gasteiger partial charge < -0.3 is 0 Å². The summed E-state index contributed by atoms with van der Waals surface area (Å²) in [5, 5.41) is 13.0. The van der Waals surface area contributed by atoms with Crippen LogP contribution < -0.4 is 0 Å². The average Bonchev–Trinajstić information content (AvgIpc) is 3.88. The van der Waals surface area contributed by atoms with E-state index < -0.39 is 16.1 Å². The SMILES string of the molecule is CC(C)[Si](C#CC(C#C[Si](C(C)C)(C(C)C)C(C)C)=C(C#CC1=CSC(=C2SC=CS2)S1)C#CC1=CSC(=C2SC=CS2)S1)(C(C)C)C(C)C. The van der Waals surface area contributed by atoms with Crippen LogP contribution in [0.15, 0.2) is 70.4 Å². The molecule has 0 aromatic heterocycles. The largest absolute Gasteiger partial charge is 0.146 e. The molecule has 0 spiro atoms. The fraction of sp³-hybridized carbons (Fsp3) is 0.450. The van der Waals surface area contributed by atoms with Crippen molar-refractivity contribution in [1.82, 2.24) is 0 Å². The lowest BCUT2D eigenvalue weighted by Crippen LogP contribution is -2.43. The maximum Gasteiger partial charge on any atom is 0.146 e. The third-order valence-corrected chi connectivity index (χ3v) is 32.0. The first-order valence-corrected chi connectivity index (χ1v) is 28.5. The maximum atomic E-state index is 4.00. The second kappa shape index (κ2) is 19.3. The summed E-state index contributed by atoms with van der Waals surface area (Å²) < 4.78 is 5.27. The fourth-order valence-corrected chi connectivity index (χ4v) is 26.1. The Morgan fingerprint density at radius 1 is 0.420 bits per heavy atom. The van der Waals surface area contributed by atoms with Crippen LogP contribution >= 0.6 is 94.1 Å². The van der Waals surface area contributed by atoms with Crippen molar-refractivity contribution in [3.05, 3.63) is 70.4 Å². The Morgan fingerprint density at radius 3 is 1.02 bits per heavy atom. The molecular formula is C40H48S8Si2. The highest BCUT2D eigenvalue weighted by atomic mass is 32.2. The molecule has 0 atom stereocenters. The van der Waals surface area contributed by atoms with Crippen molar-refractivity contribution in [2.75, 3.05) is 0 Å². The van der Waals surface area contributed by atoms with Gasteiger partial charge in [-0.05, 0) is 77.5 Å². The molecule has 0 aliphatic carbocycles. The van der Waals surface area contributed by atoms with E-state index in [0.717, 1.165) is 21.0 Å². The Kier molecular flexibility index (Phi) is 16.4. The van der Waals surface area contributed by atoms with E-state index in [9.17, 15) is 0 Å². The van der Waals surface area contributed by atoms with Gasteiger partial charge in [-0.2, -0.15) is 0 Å². The summed E-state index contributed by atoms with van der Waals surface area (Å²) in [6.45, 7) is 28.5. The lowest BCUT2D eigenvalue weighted by molar-refractivity contribution is 0.838. The second-order valence-electron chi connectivity index (χ2n) is 14.1. The van der Waals surface area contributed by atoms with Gasteiger partial charge in [-0.15, -0.1) is 11.1 Å². The van der Waals surface area contributed by atoms with Crippen LogP contribution in [0, 0.1) is 46.6 Å². The third kappa shape index (κ3) is 10.0. The summed E-state index contributed by atoms with van der Waals surface area (Å²) in [5.41, 5.74) is 12.7. The van der Waals surface area contributed by atoms with Gasteiger partial charge >= 0.3 is 0 Å². The molecule has 0 N–H and O–H groups in total. The van der Waals surface area contributed by atoms with E-state index in [1.807, 2.05) is 0 Å². The molecular weight excluding hydrogens is 793 g/mol. The molecule has 0 radical (unpaired) electrons. The molecule has 0 fully saturated rings. The van der Waals surface area contributed by atoms with Crippen molar-refractivity contribution in [3.63, 3.8) is 0 Å². The molecule has 4 aliphatic rings. The Balaban J connectivity index is 1.94. The minimum Gasteiger partial charge on any atom is -0.124 e. The minimum absolute atomic E-state index is 0.522. The highest BCUT2D eigenvalue weighted by Gasteiger charge is 2.43. The minimum atomic E-state index is -2.04. The maximum absolute atomic E-state index is 4.00. The summed E-state index contributed by atoms with van der Waals surface area (Å²) >= 11 is 14.2. The summed E-state index contributed by atoms with van der Waals surface area (Å²) in [6.07, 6.45) is 0. The normalized spacial score (nSPS) is 17.3. The Hall–Kier alpha value is -0.346. The van der Waals surface area contributed by atoms with Crippen molar-refractivity contribution in [2.24, 2.45) is 0 Å². The topological polar surface area (TPSA) is 0 Å². The molecule has 0 saturated heterocycles. The Labute approximate surface area is 340 Å². The van der Waals surface area contributed by atoms with Gasteiger partial charge in [-0.1, -0.05) is 201 Å². The molecule has 264 valence electrons. The molecule has 0 aromatic carbocycles. The standard InChI is InChI=1S/C40H48S8Si2/c1-27(2)49(28(3)4,29(5)6)23-17-34(18-24-50(30(7)8,31(9)10)32(11)12)33(13-15-35-25-45-39(47-35)37-41-19-20-42-37)14-16-36-26-46-40(48-36)38-43-21-22-44-38/h19-22,25-32H,1-12H3. The van der Waals surface area contributed by atoms with Crippen molar-refractivity contribution in [1.29, 1.82) is 0 Å². The fourth-order valence-electron chi connectivity index (χ4n) is 7.17. The average molecular weight is 842 g/mol. The summed E-state index contributed by atoms with van der Waals surface area (Å²) in [6, 6.07) is 0. The molecule has 4 rings (SSSR count). The molecule has 50 heavy (non-hydrogen) atoms. The molecule has 4 aliphatic heterocycles. The summed E-state index contributed by atoms with van der Waals surface area (Å²) in [5.74, 6) is 21.7. The van der Waals surface area contributed by atoms with Crippen molar-refractivity contribution in [3.8, 4) is 46.6 Å². The van der Waals surface area contributed by atoms with Crippen molar-refractivity contribution < 1.29 is 0 Å².